The summed E-state index contributed by atoms with van der Waals surface area (Å²) in [5.74, 6) is 1.17. The Balaban J connectivity index is 1.36. The maximum atomic E-state index is 12.4. The molecule has 3 fully saturated rings. The lowest BCUT2D eigenvalue weighted by atomic mass is 9.96. The number of urea groups is 1. The van der Waals surface area contributed by atoms with Gasteiger partial charge >= 0.3 is 6.03 Å². The standard InChI is InChI=1S/C17H20N6O2/c24-16-12-6-7-13(19-16)10-23(9-12)17(25)18-8-14-20-15(22-21-14)11-4-2-1-3-5-11/h1-5,12-13H,6-10H2,(H,18,25)(H,19,24)(H,20,21,22)/t12-,13+/m1/s1. The summed E-state index contributed by atoms with van der Waals surface area (Å²) < 4.78 is 0. The van der Waals surface area contributed by atoms with E-state index in [1.54, 1.807) is 4.90 Å². The van der Waals surface area contributed by atoms with E-state index in [0.29, 0.717) is 24.7 Å². The summed E-state index contributed by atoms with van der Waals surface area (Å²) in [4.78, 5) is 30.4. The summed E-state index contributed by atoms with van der Waals surface area (Å²) in [5, 5.41) is 12.9. The molecule has 3 aliphatic rings. The highest BCUT2D eigenvalue weighted by atomic mass is 16.2. The van der Waals surface area contributed by atoms with Gasteiger partial charge < -0.3 is 15.5 Å². The first-order chi connectivity index (χ1) is 12.2. The van der Waals surface area contributed by atoms with Crippen LogP contribution in [0.1, 0.15) is 18.7 Å². The van der Waals surface area contributed by atoms with Gasteiger partial charge in [-0.1, -0.05) is 30.3 Å². The molecule has 25 heavy (non-hydrogen) atoms. The van der Waals surface area contributed by atoms with Crippen molar-refractivity contribution in [3.63, 3.8) is 0 Å². The number of carbonyl (C=O) groups excluding carboxylic acids is 2. The summed E-state index contributed by atoms with van der Waals surface area (Å²) in [6.45, 7) is 1.30. The van der Waals surface area contributed by atoms with Gasteiger partial charge in [0.2, 0.25) is 5.91 Å². The van der Waals surface area contributed by atoms with Crippen LogP contribution in [0, 0.1) is 5.92 Å². The lowest BCUT2D eigenvalue weighted by molar-refractivity contribution is -0.126. The molecule has 8 heteroatoms. The van der Waals surface area contributed by atoms with Crippen molar-refractivity contribution in [2.45, 2.75) is 25.4 Å². The van der Waals surface area contributed by atoms with Gasteiger partial charge in [0.25, 0.3) is 0 Å². The Morgan fingerprint density at radius 3 is 2.88 bits per heavy atom. The van der Waals surface area contributed by atoms with Gasteiger partial charge in [-0.25, -0.2) is 9.78 Å². The van der Waals surface area contributed by atoms with Gasteiger partial charge in [0.05, 0.1) is 12.5 Å². The smallest absolute Gasteiger partial charge is 0.317 e. The van der Waals surface area contributed by atoms with Gasteiger partial charge in [0, 0.05) is 24.7 Å². The maximum Gasteiger partial charge on any atom is 0.317 e. The van der Waals surface area contributed by atoms with Crippen LogP contribution in [0.2, 0.25) is 0 Å². The predicted octanol–water partition coefficient (Wildman–Crippen LogP) is 0.892. The molecule has 0 unspecified atom stereocenters. The molecule has 8 nitrogen and oxygen atoms in total. The van der Waals surface area contributed by atoms with Gasteiger partial charge in [0.1, 0.15) is 5.82 Å². The normalized spacial score (nSPS) is 22.4. The molecule has 0 radical (unpaired) electrons. The SMILES string of the molecule is O=C1N[C@H]2CC[C@@H]1CN(C(=O)NCc1nc(-c3ccccc3)n[nH]1)C2. The minimum atomic E-state index is -0.175. The number of rotatable bonds is 3. The third-order valence-electron chi connectivity index (χ3n) is 4.72. The van der Waals surface area contributed by atoms with E-state index in [9.17, 15) is 9.59 Å². The lowest BCUT2D eigenvalue weighted by Crippen LogP contribution is -2.45. The number of amides is 3. The second-order valence-electron chi connectivity index (χ2n) is 6.52. The second-order valence-corrected chi connectivity index (χ2v) is 6.52. The molecule has 0 spiro atoms. The van der Waals surface area contributed by atoms with E-state index >= 15 is 0 Å². The van der Waals surface area contributed by atoms with Crippen molar-refractivity contribution in [2.75, 3.05) is 13.1 Å². The number of hydrogen-bond acceptors (Lipinski definition) is 4. The largest absolute Gasteiger partial charge is 0.351 e. The van der Waals surface area contributed by atoms with E-state index in [2.05, 4.69) is 25.8 Å². The van der Waals surface area contributed by atoms with Gasteiger partial charge in [-0.15, -0.1) is 0 Å². The van der Waals surface area contributed by atoms with Crippen LogP contribution < -0.4 is 10.6 Å². The highest BCUT2D eigenvalue weighted by molar-refractivity contribution is 5.82. The molecule has 2 bridgehead atoms. The van der Waals surface area contributed by atoms with Crippen LogP contribution in [0.25, 0.3) is 11.4 Å². The van der Waals surface area contributed by atoms with Crippen LogP contribution in [0.15, 0.2) is 30.3 Å². The van der Waals surface area contributed by atoms with E-state index in [4.69, 9.17) is 0 Å². The van der Waals surface area contributed by atoms with Crippen LogP contribution in [0.4, 0.5) is 4.79 Å². The first-order valence-corrected chi connectivity index (χ1v) is 8.49. The number of carbonyl (C=O) groups is 2. The Morgan fingerprint density at radius 1 is 1.24 bits per heavy atom. The number of aromatic nitrogens is 3. The number of benzene rings is 1. The van der Waals surface area contributed by atoms with Gasteiger partial charge in [-0.3, -0.25) is 9.89 Å². The fraction of sp³-hybridized carbons (Fsp3) is 0.412. The zero-order chi connectivity index (χ0) is 17.2. The molecule has 1 aromatic carbocycles. The first-order valence-electron chi connectivity index (χ1n) is 8.49. The molecule has 3 aliphatic heterocycles. The Labute approximate surface area is 145 Å². The molecule has 0 saturated carbocycles. The van der Waals surface area contributed by atoms with Crippen molar-refractivity contribution < 1.29 is 9.59 Å². The Kier molecular flexibility index (Phi) is 4.09. The third kappa shape index (κ3) is 3.33. The Hall–Kier alpha value is -2.90. The first kappa shape index (κ1) is 15.6. The summed E-state index contributed by atoms with van der Waals surface area (Å²) in [6.07, 6.45) is 1.78. The van der Waals surface area contributed by atoms with E-state index in [0.717, 1.165) is 18.4 Å². The molecular formula is C17H20N6O2. The van der Waals surface area contributed by atoms with E-state index in [-0.39, 0.29) is 30.4 Å². The molecule has 130 valence electrons. The van der Waals surface area contributed by atoms with Gasteiger partial charge in [-0.2, -0.15) is 5.10 Å². The quantitative estimate of drug-likeness (QED) is 0.772. The molecule has 0 aliphatic carbocycles. The van der Waals surface area contributed by atoms with Gasteiger partial charge in [-0.05, 0) is 12.8 Å². The monoisotopic (exact) mass is 340 g/mol. The average molecular weight is 340 g/mol. The van der Waals surface area contributed by atoms with E-state index in [1.165, 1.54) is 0 Å². The number of nitrogens with one attached hydrogen (secondary N) is 3. The molecule has 3 amide bonds. The van der Waals surface area contributed by atoms with Crippen molar-refractivity contribution in [1.82, 2.24) is 30.7 Å². The van der Waals surface area contributed by atoms with Crippen LogP contribution in [0.5, 0.6) is 0 Å². The number of nitrogens with zero attached hydrogens (tertiary/aromatic N) is 3. The molecule has 2 atom stereocenters. The van der Waals surface area contributed by atoms with Crippen LogP contribution in [-0.4, -0.2) is 51.2 Å². The zero-order valence-corrected chi connectivity index (χ0v) is 13.7. The number of piperidine rings is 1. The molecule has 4 heterocycles. The Bertz CT molecular complexity index is 774. The van der Waals surface area contributed by atoms with E-state index < -0.39 is 0 Å². The molecule has 1 aromatic heterocycles. The number of aromatic amines is 1. The van der Waals surface area contributed by atoms with Crippen LogP contribution in [0.3, 0.4) is 0 Å². The highest BCUT2D eigenvalue weighted by Crippen LogP contribution is 2.22. The van der Waals surface area contributed by atoms with Crippen molar-refractivity contribution in [1.29, 1.82) is 0 Å². The number of H-pyrrole nitrogens is 1. The number of fused-ring (bicyclic) bond motifs is 4. The molecule has 3 saturated heterocycles. The lowest BCUT2D eigenvalue weighted by Gasteiger charge is -2.23. The number of hydrogen-bond donors (Lipinski definition) is 3. The fourth-order valence-electron chi connectivity index (χ4n) is 3.37. The van der Waals surface area contributed by atoms with E-state index in [1.807, 2.05) is 30.3 Å². The highest BCUT2D eigenvalue weighted by Gasteiger charge is 2.36. The predicted molar refractivity (Wildman–Crippen MR) is 90.3 cm³/mol. The van der Waals surface area contributed by atoms with Gasteiger partial charge in [0.15, 0.2) is 5.82 Å². The zero-order valence-electron chi connectivity index (χ0n) is 13.7. The van der Waals surface area contributed by atoms with Crippen molar-refractivity contribution in [3.8, 4) is 11.4 Å². The minimum absolute atomic E-state index is 0.0620. The second kappa shape index (κ2) is 6.54. The topological polar surface area (TPSA) is 103 Å². The van der Waals surface area contributed by atoms with Crippen molar-refractivity contribution in [2.24, 2.45) is 5.92 Å². The average Bonchev–Trinajstić information content (AvgIpc) is 2.93. The van der Waals surface area contributed by atoms with Crippen LogP contribution in [-0.2, 0) is 11.3 Å². The summed E-state index contributed by atoms with van der Waals surface area (Å²) in [5.41, 5.74) is 0.921. The van der Waals surface area contributed by atoms with Crippen molar-refractivity contribution >= 4 is 11.9 Å². The third-order valence-corrected chi connectivity index (χ3v) is 4.72. The molecule has 2 aromatic rings. The molecule has 3 N–H and O–H groups in total. The Morgan fingerprint density at radius 2 is 2.08 bits per heavy atom. The molecular weight excluding hydrogens is 320 g/mol. The minimum Gasteiger partial charge on any atom is -0.351 e. The summed E-state index contributed by atoms with van der Waals surface area (Å²) >= 11 is 0. The van der Waals surface area contributed by atoms with Crippen LogP contribution >= 0.6 is 0 Å². The maximum absolute atomic E-state index is 12.4. The van der Waals surface area contributed by atoms with Crippen molar-refractivity contribution in [3.05, 3.63) is 36.2 Å². The molecule has 5 rings (SSSR count). The summed E-state index contributed by atoms with van der Waals surface area (Å²) in [6, 6.07) is 9.54. The summed E-state index contributed by atoms with van der Waals surface area (Å²) in [7, 11) is 0. The fourth-order valence-corrected chi connectivity index (χ4v) is 3.37.